The second kappa shape index (κ2) is 10.8. The average molecular weight is 445 g/mol. The van der Waals surface area contributed by atoms with E-state index in [2.05, 4.69) is 72.6 Å². The van der Waals surface area contributed by atoms with Gasteiger partial charge in [-0.15, -0.1) is 11.8 Å². The second-order valence-corrected chi connectivity index (χ2v) is 9.93. The van der Waals surface area contributed by atoms with Gasteiger partial charge in [0.2, 0.25) is 0 Å². The third-order valence-electron chi connectivity index (χ3n) is 6.05. The molecular formula is C28H32N2OS. The number of carbonyl (C=O) groups is 1. The fraction of sp³-hybridized carbons (Fsp3) is 0.321. The number of amides is 1. The van der Waals surface area contributed by atoms with Gasteiger partial charge >= 0.3 is 0 Å². The first-order valence-corrected chi connectivity index (χ1v) is 12.5. The zero-order valence-corrected chi connectivity index (χ0v) is 19.8. The van der Waals surface area contributed by atoms with Crippen LogP contribution in [-0.2, 0) is 12.3 Å². The molecule has 0 saturated carbocycles. The minimum atomic E-state index is -0.0577. The number of hydrogen-bond acceptors (Lipinski definition) is 3. The summed E-state index contributed by atoms with van der Waals surface area (Å²) in [7, 11) is 0. The topological polar surface area (TPSA) is 32.3 Å². The van der Waals surface area contributed by atoms with Gasteiger partial charge in [-0.2, -0.15) is 0 Å². The molecule has 0 radical (unpaired) electrons. The Kier molecular flexibility index (Phi) is 7.67. The average Bonchev–Trinajstić information content (AvgIpc) is 2.80. The molecule has 1 saturated heterocycles. The van der Waals surface area contributed by atoms with Crippen LogP contribution in [0, 0.1) is 12.8 Å². The van der Waals surface area contributed by atoms with Crippen molar-refractivity contribution in [1.29, 1.82) is 0 Å². The summed E-state index contributed by atoms with van der Waals surface area (Å²) in [5.74, 6) is 1.63. The number of carbonyl (C=O) groups excluding carboxylic acids is 1. The molecule has 0 aliphatic carbocycles. The highest BCUT2D eigenvalue weighted by Gasteiger charge is 2.16. The molecule has 1 fully saturated rings. The fourth-order valence-corrected chi connectivity index (χ4v) is 5.15. The lowest BCUT2D eigenvalue weighted by molar-refractivity contribution is 0.102. The molecule has 1 N–H and O–H groups in total. The molecule has 3 nitrogen and oxygen atoms in total. The van der Waals surface area contributed by atoms with Crippen LogP contribution in [-0.4, -0.2) is 23.9 Å². The van der Waals surface area contributed by atoms with Crippen LogP contribution in [0.4, 0.5) is 5.69 Å². The lowest BCUT2D eigenvalue weighted by atomic mass is 9.99. The Hall–Kier alpha value is -2.56. The highest BCUT2D eigenvalue weighted by molar-refractivity contribution is 7.98. The number of piperidine rings is 1. The highest BCUT2D eigenvalue weighted by Crippen LogP contribution is 2.25. The Balaban J connectivity index is 1.32. The Morgan fingerprint density at radius 2 is 1.78 bits per heavy atom. The zero-order chi connectivity index (χ0) is 22.3. The van der Waals surface area contributed by atoms with E-state index in [1.807, 2.05) is 36.0 Å². The first-order chi connectivity index (χ1) is 15.6. The monoisotopic (exact) mass is 444 g/mol. The summed E-state index contributed by atoms with van der Waals surface area (Å²) < 4.78 is 0. The van der Waals surface area contributed by atoms with Crippen LogP contribution in [0.15, 0.2) is 77.7 Å². The molecule has 0 unspecified atom stereocenters. The molecule has 3 aromatic carbocycles. The third kappa shape index (κ3) is 6.24. The van der Waals surface area contributed by atoms with Gasteiger partial charge in [0.25, 0.3) is 5.91 Å². The van der Waals surface area contributed by atoms with E-state index in [4.69, 9.17) is 0 Å². The maximum absolute atomic E-state index is 12.8. The van der Waals surface area contributed by atoms with Gasteiger partial charge in [-0.25, -0.2) is 0 Å². The number of nitrogens with one attached hydrogen (secondary N) is 1. The van der Waals surface area contributed by atoms with Crippen molar-refractivity contribution < 1.29 is 4.79 Å². The Labute approximate surface area is 196 Å². The minimum Gasteiger partial charge on any atom is -0.322 e. The van der Waals surface area contributed by atoms with Gasteiger partial charge in [0.15, 0.2) is 0 Å². The molecule has 0 spiro atoms. The molecule has 166 valence electrons. The minimum absolute atomic E-state index is 0.0577. The molecule has 4 rings (SSSR count). The summed E-state index contributed by atoms with van der Waals surface area (Å²) in [6.45, 7) is 7.69. The van der Waals surface area contributed by atoms with Crippen molar-refractivity contribution in [3.8, 4) is 0 Å². The second-order valence-electron chi connectivity index (χ2n) is 8.88. The maximum atomic E-state index is 12.8. The van der Waals surface area contributed by atoms with E-state index in [1.165, 1.54) is 42.0 Å². The molecule has 32 heavy (non-hydrogen) atoms. The van der Waals surface area contributed by atoms with Crippen LogP contribution in [0.2, 0.25) is 0 Å². The van der Waals surface area contributed by atoms with Crippen molar-refractivity contribution in [2.24, 2.45) is 5.92 Å². The summed E-state index contributed by atoms with van der Waals surface area (Å²) in [6.07, 6.45) is 2.62. The van der Waals surface area contributed by atoms with Crippen LogP contribution in [0.25, 0.3) is 0 Å². The molecule has 1 aliphatic rings. The van der Waals surface area contributed by atoms with Crippen LogP contribution >= 0.6 is 11.8 Å². The Bertz CT molecular complexity index is 1030. The lowest BCUT2D eigenvalue weighted by Gasteiger charge is -2.30. The molecule has 0 aromatic heterocycles. The van der Waals surface area contributed by atoms with Crippen molar-refractivity contribution in [3.63, 3.8) is 0 Å². The predicted molar refractivity (Wildman–Crippen MR) is 135 cm³/mol. The van der Waals surface area contributed by atoms with Gasteiger partial charge in [-0.3, -0.25) is 9.69 Å². The van der Waals surface area contributed by atoms with Gasteiger partial charge in [0.05, 0.1) is 0 Å². The molecule has 1 amide bonds. The summed E-state index contributed by atoms with van der Waals surface area (Å²) in [5, 5.41) is 3.08. The molecule has 4 heteroatoms. The van der Waals surface area contributed by atoms with Crippen molar-refractivity contribution >= 4 is 23.4 Å². The predicted octanol–water partition coefficient (Wildman–Crippen LogP) is 6.77. The zero-order valence-electron chi connectivity index (χ0n) is 19.0. The third-order valence-corrected chi connectivity index (χ3v) is 7.13. The van der Waals surface area contributed by atoms with Crippen LogP contribution in [0.3, 0.4) is 0 Å². The molecule has 0 bridgehead atoms. The van der Waals surface area contributed by atoms with Gasteiger partial charge < -0.3 is 5.32 Å². The van der Waals surface area contributed by atoms with E-state index >= 15 is 0 Å². The number of rotatable bonds is 7. The van der Waals surface area contributed by atoms with Crippen molar-refractivity contribution in [2.45, 2.75) is 43.9 Å². The van der Waals surface area contributed by atoms with Gasteiger partial charge in [0.1, 0.15) is 0 Å². The van der Waals surface area contributed by atoms with E-state index < -0.39 is 0 Å². The smallest absolute Gasteiger partial charge is 0.255 e. The van der Waals surface area contributed by atoms with E-state index in [9.17, 15) is 4.79 Å². The molecule has 1 atom stereocenters. The fourth-order valence-electron chi connectivity index (χ4n) is 4.28. The maximum Gasteiger partial charge on any atom is 0.255 e. The van der Waals surface area contributed by atoms with E-state index in [-0.39, 0.29) is 5.91 Å². The first kappa shape index (κ1) is 22.6. The van der Waals surface area contributed by atoms with Crippen LogP contribution < -0.4 is 5.32 Å². The number of benzene rings is 3. The number of likely N-dealkylation sites (tertiary alicyclic amines) is 1. The summed E-state index contributed by atoms with van der Waals surface area (Å²) >= 11 is 1.82. The van der Waals surface area contributed by atoms with Crippen LogP contribution in [0.5, 0.6) is 0 Å². The quantitative estimate of drug-likeness (QED) is 0.408. The van der Waals surface area contributed by atoms with Gasteiger partial charge in [-0.05, 0) is 79.3 Å². The Morgan fingerprint density at radius 1 is 1.03 bits per heavy atom. The summed E-state index contributed by atoms with van der Waals surface area (Å²) in [5.41, 5.74) is 5.18. The Morgan fingerprint density at radius 3 is 2.50 bits per heavy atom. The number of thioether (sulfide) groups is 1. The molecular weight excluding hydrogens is 412 g/mol. The number of hydrogen-bond donors (Lipinski definition) is 1. The van der Waals surface area contributed by atoms with E-state index in [1.54, 1.807) is 0 Å². The number of nitrogens with zero attached hydrogens (tertiary/aromatic N) is 1. The summed E-state index contributed by atoms with van der Waals surface area (Å²) in [4.78, 5) is 16.6. The molecule has 1 heterocycles. The van der Waals surface area contributed by atoms with Crippen molar-refractivity contribution in [1.82, 2.24) is 4.90 Å². The summed E-state index contributed by atoms with van der Waals surface area (Å²) in [6, 6.07) is 24.8. The van der Waals surface area contributed by atoms with E-state index in [0.29, 0.717) is 5.56 Å². The molecule has 3 aromatic rings. The number of aryl methyl sites for hydroxylation is 1. The lowest BCUT2D eigenvalue weighted by Crippen LogP contribution is -2.33. The van der Waals surface area contributed by atoms with Gasteiger partial charge in [0, 0.05) is 35.0 Å². The largest absolute Gasteiger partial charge is 0.322 e. The first-order valence-electron chi connectivity index (χ1n) is 11.5. The number of anilines is 1. The highest BCUT2D eigenvalue weighted by atomic mass is 32.2. The van der Waals surface area contributed by atoms with Crippen molar-refractivity contribution in [2.75, 3.05) is 18.4 Å². The SMILES string of the molecule is Cc1cc(CSc2ccccc2)ccc1NC(=O)c1ccc(CN2CCC[C@H](C)C2)cc1. The van der Waals surface area contributed by atoms with Gasteiger partial charge in [-0.1, -0.05) is 49.4 Å². The molecule has 1 aliphatic heterocycles. The standard InChI is InChI=1S/C28H32N2OS/c1-21-7-6-16-30(18-21)19-23-10-13-25(14-11-23)28(31)29-27-15-12-24(17-22(27)2)20-32-26-8-4-3-5-9-26/h3-5,8-15,17,21H,6-7,16,18-20H2,1-2H3,(H,29,31)/t21-/m0/s1. The van der Waals surface area contributed by atoms with Crippen LogP contribution in [0.1, 0.15) is 46.8 Å². The normalized spacial score (nSPS) is 16.6. The van der Waals surface area contributed by atoms with Crippen molar-refractivity contribution in [3.05, 3.63) is 95.1 Å². The van der Waals surface area contributed by atoms with E-state index in [0.717, 1.165) is 29.5 Å².